The van der Waals surface area contributed by atoms with Crippen LogP contribution in [0.3, 0.4) is 0 Å². The van der Waals surface area contributed by atoms with E-state index in [-0.39, 0.29) is 11.8 Å². The van der Waals surface area contributed by atoms with Crippen LogP contribution in [0.15, 0.2) is 59.3 Å². The fourth-order valence-electron chi connectivity index (χ4n) is 3.80. The molecule has 27 heavy (non-hydrogen) atoms. The van der Waals surface area contributed by atoms with Crippen LogP contribution >= 0.6 is 15.9 Å². The van der Waals surface area contributed by atoms with Crippen molar-refractivity contribution in [3.63, 3.8) is 0 Å². The summed E-state index contributed by atoms with van der Waals surface area (Å²) < 4.78 is 6.14. The molecule has 3 heterocycles. The van der Waals surface area contributed by atoms with Gasteiger partial charge in [0.05, 0.1) is 13.2 Å². The molecule has 0 amide bonds. The van der Waals surface area contributed by atoms with E-state index in [9.17, 15) is 5.11 Å². The molecule has 0 radical (unpaired) electrons. The normalized spacial score (nSPS) is 15.1. The Morgan fingerprint density at radius 1 is 1.11 bits per heavy atom. The lowest BCUT2D eigenvalue weighted by molar-refractivity contribution is 0.372. The Labute approximate surface area is 164 Å². The molecule has 0 aliphatic carbocycles. The van der Waals surface area contributed by atoms with Crippen LogP contribution in [0.4, 0.5) is 5.69 Å². The van der Waals surface area contributed by atoms with Gasteiger partial charge in [0.25, 0.3) is 0 Å². The van der Waals surface area contributed by atoms with E-state index in [0.717, 1.165) is 43.4 Å². The molecule has 5 rings (SSSR count). The van der Waals surface area contributed by atoms with Crippen molar-refractivity contribution in [2.75, 3.05) is 12.4 Å². The second-order valence-electron chi connectivity index (χ2n) is 6.49. The number of methoxy groups -OCH3 is 1. The third-order valence-electron chi connectivity index (χ3n) is 5.04. The highest BCUT2D eigenvalue weighted by Crippen LogP contribution is 2.46. The highest BCUT2D eigenvalue weighted by atomic mass is 79.9. The first-order valence-electron chi connectivity index (χ1n) is 8.55. The van der Waals surface area contributed by atoms with Crippen molar-refractivity contribution in [2.24, 2.45) is 0 Å². The number of H-pyrrole nitrogens is 1. The number of nitrogens with one attached hydrogen (secondary N) is 2. The molecular weight excluding hydrogens is 406 g/mol. The third-order valence-corrected chi connectivity index (χ3v) is 5.73. The third kappa shape index (κ3) is 2.40. The number of pyridine rings is 1. The maximum atomic E-state index is 10.1. The van der Waals surface area contributed by atoms with Crippen LogP contribution < -0.4 is 10.1 Å². The van der Waals surface area contributed by atoms with Crippen LogP contribution in [-0.2, 0) is 0 Å². The van der Waals surface area contributed by atoms with Crippen LogP contribution in [0, 0.1) is 0 Å². The minimum atomic E-state index is -0.144. The average molecular weight is 422 g/mol. The number of fused-ring (bicyclic) bond motifs is 2. The van der Waals surface area contributed by atoms with Crippen molar-refractivity contribution in [2.45, 2.75) is 6.04 Å². The van der Waals surface area contributed by atoms with E-state index in [1.165, 1.54) is 0 Å². The van der Waals surface area contributed by atoms with E-state index in [1.807, 2.05) is 30.6 Å². The Morgan fingerprint density at radius 3 is 2.81 bits per heavy atom. The van der Waals surface area contributed by atoms with Gasteiger partial charge in [-0.1, -0.05) is 34.1 Å². The molecule has 2 aromatic heterocycles. The summed E-state index contributed by atoms with van der Waals surface area (Å²) in [5.74, 6) is 0.536. The number of hydrogen-bond acceptors (Lipinski definition) is 4. The topological polar surface area (TPSA) is 70.2 Å². The van der Waals surface area contributed by atoms with E-state index >= 15 is 0 Å². The summed E-state index contributed by atoms with van der Waals surface area (Å²) in [4.78, 5) is 7.79. The van der Waals surface area contributed by atoms with Crippen molar-refractivity contribution in [3.8, 4) is 22.6 Å². The zero-order valence-electron chi connectivity index (χ0n) is 14.5. The summed E-state index contributed by atoms with van der Waals surface area (Å²) in [5.41, 5.74) is 6.24. The molecule has 0 saturated heterocycles. The van der Waals surface area contributed by atoms with Gasteiger partial charge in [0.1, 0.15) is 5.65 Å². The second-order valence-corrected chi connectivity index (χ2v) is 7.35. The first kappa shape index (κ1) is 16.2. The zero-order chi connectivity index (χ0) is 18.5. The number of aromatic hydroxyl groups is 1. The largest absolute Gasteiger partial charge is 0.504 e. The Kier molecular flexibility index (Phi) is 3.62. The highest BCUT2D eigenvalue weighted by Gasteiger charge is 2.28. The van der Waals surface area contributed by atoms with Crippen LogP contribution in [0.25, 0.3) is 22.2 Å². The van der Waals surface area contributed by atoms with Gasteiger partial charge in [-0.25, -0.2) is 4.98 Å². The van der Waals surface area contributed by atoms with Crippen molar-refractivity contribution in [3.05, 3.63) is 70.5 Å². The molecule has 4 aromatic rings. The molecule has 1 unspecified atom stereocenters. The van der Waals surface area contributed by atoms with E-state index in [4.69, 9.17) is 4.74 Å². The molecule has 0 fully saturated rings. The van der Waals surface area contributed by atoms with E-state index < -0.39 is 0 Å². The second kappa shape index (κ2) is 6.03. The summed E-state index contributed by atoms with van der Waals surface area (Å²) >= 11 is 3.61. The van der Waals surface area contributed by atoms with Crippen LogP contribution in [0.1, 0.15) is 17.2 Å². The lowest BCUT2D eigenvalue weighted by Gasteiger charge is -2.21. The number of aromatic nitrogens is 2. The van der Waals surface area contributed by atoms with E-state index in [1.54, 1.807) is 13.2 Å². The number of halogens is 1. The summed E-state index contributed by atoms with van der Waals surface area (Å²) in [7, 11) is 1.55. The van der Waals surface area contributed by atoms with Crippen molar-refractivity contribution in [1.29, 1.82) is 0 Å². The lowest BCUT2D eigenvalue weighted by Crippen LogP contribution is -2.12. The summed E-state index contributed by atoms with van der Waals surface area (Å²) in [6.07, 6.45) is 3.82. The molecule has 5 nitrogen and oxygen atoms in total. The SMILES string of the molecule is COc1cc(C2Nc3ccccc3-c3ccnc4[nH]cc2c34)c(Br)cc1O. The Morgan fingerprint density at radius 2 is 1.96 bits per heavy atom. The van der Waals surface area contributed by atoms with Crippen LogP contribution in [0.5, 0.6) is 11.5 Å². The van der Waals surface area contributed by atoms with Crippen molar-refractivity contribution < 1.29 is 9.84 Å². The number of rotatable bonds is 2. The number of phenols is 1. The molecule has 6 heteroatoms. The maximum Gasteiger partial charge on any atom is 0.160 e. The Balaban J connectivity index is 1.83. The molecule has 1 aliphatic rings. The summed E-state index contributed by atoms with van der Waals surface area (Å²) in [6, 6.07) is 13.7. The van der Waals surface area contributed by atoms with Crippen molar-refractivity contribution >= 4 is 32.7 Å². The molecule has 1 atom stereocenters. The minimum absolute atomic E-state index is 0.100. The van der Waals surface area contributed by atoms with E-state index in [0.29, 0.717) is 5.75 Å². The van der Waals surface area contributed by atoms with Gasteiger partial charge in [-0.15, -0.1) is 0 Å². The fourth-order valence-corrected chi connectivity index (χ4v) is 4.36. The fraction of sp³-hybridized carbons (Fsp3) is 0.0952. The van der Waals surface area contributed by atoms with Gasteiger partial charge in [-0.05, 0) is 35.4 Å². The molecule has 0 spiro atoms. The first-order valence-corrected chi connectivity index (χ1v) is 9.35. The van der Waals surface area contributed by atoms with Crippen molar-refractivity contribution in [1.82, 2.24) is 9.97 Å². The monoisotopic (exact) mass is 421 g/mol. The number of aromatic amines is 1. The standard InChI is InChI=1S/C21H16BrN3O2/c1-27-18-8-13(15(22)9-17(18)26)20-14-10-24-21-19(14)12(6-7-23-21)11-4-2-3-5-16(11)25-20/h2-10,20,25-26H,1H3,(H,23,24). The van der Waals surface area contributed by atoms with Gasteiger partial charge in [-0.2, -0.15) is 0 Å². The van der Waals surface area contributed by atoms with Gasteiger partial charge in [0.15, 0.2) is 11.5 Å². The maximum absolute atomic E-state index is 10.1. The lowest BCUT2D eigenvalue weighted by atomic mass is 9.96. The molecule has 0 bridgehead atoms. The van der Waals surface area contributed by atoms with Gasteiger partial charge >= 0.3 is 0 Å². The van der Waals surface area contributed by atoms with Gasteiger partial charge < -0.3 is 20.1 Å². The zero-order valence-corrected chi connectivity index (χ0v) is 16.0. The quantitative estimate of drug-likeness (QED) is 0.414. The number of ether oxygens (including phenoxy) is 1. The van der Waals surface area contributed by atoms with Gasteiger partial charge in [0.2, 0.25) is 0 Å². The number of nitrogens with zero attached hydrogens (tertiary/aromatic N) is 1. The van der Waals surface area contributed by atoms with Crippen LogP contribution in [0.2, 0.25) is 0 Å². The predicted molar refractivity (Wildman–Crippen MR) is 109 cm³/mol. The minimum Gasteiger partial charge on any atom is -0.504 e. The van der Waals surface area contributed by atoms with E-state index in [2.05, 4.69) is 49.4 Å². The first-order chi connectivity index (χ1) is 13.2. The highest BCUT2D eigenvalue weighted by molar-refractivity contribution is 9.10. The predicted octanol–water partition coefficient (Wildman–Crippen LogP) is 5.22. The number of anilines is 1. The Hall–Kier alpha value is -2.99. The number of para-hydroxylation sites is 1. The average Bonchev–Trinajstić information content (AvgIpc) is 3.05. The molecule has 2 aromatic carbocycles. The molecular formula is C21H16BrN3O2. The molecule has 3 N–H and O–H groups in total. The number of phenolic OH excluding ortho intramolecular Hbond substituents is 1. The summed E-state index contributed by atoms with van der Waals surface area (Å²) in [6.45, 7) is 0. The molecule has 1 aliphatic heterocycles. The van der Waals surface area contributed by atoms with Gasteiger partial charge in [-0.3, -0.25) is 0 Å². The molecule has 0 saturated carbocycles. The number of benzene rings is 2. The van der Waals surface area contributed by atoms with Gasteiger partial charge in [0, 0.05) is 39.1 Å². The molecule has 134 valence electrons. The van der Waals surface area contributed by atoms with Crippen LogP contribution in [-0.4, -0.2) is 22.2 Å². The summed E-state index contributed by atoms with van der Waals surface area (Å²) in [5, 5.41) is 14.9. The smallest absolute Gasteiger partial charge is 0.160 e. The Bertz CT molecular complexity index is 1190. The number of hydrogen-bond donors (Lipinski definition) is 3.